The van der Waals surface area contributed by atoms with Crippen molar-refractivity contribution in [3.8, 4) is 5.75 Å². The van der Waals surface area contributed by atoms with Crippen LogP contribution in [0.3, 0.4) is 0 Å². The summed E-state index contributed by atoms with van der Waals surface area (Å²) in [5.74, 6) is -2.47. The van der Waals surface area contributed by atoms with Crippen molar-refractivity contribution in [3.63, 3.8) is 0 Å². The smallest absolute Gasteiger partial charge is 0.338 e. The van der Waals surface area contributed by atoms with E-state index in [9.17, 15) is 24.9 Å². The summed E-state index contributed by atoms with van der Waals surface area (Å²) in [5.41, 5.74) is -0.0659. The van der Waals surface area contributed by atoms with Gasteiger partial charge in [0.15, 0.2) is 0 Å². The monoisotopic (exact) mass is 333 g/mol. The third-order valence-electron chi connectivity index (χ3n) is 4.80. The molecule has 0 fully saturated rings. The van der Waals surface area contributed by atoms with Crippen LogP contribution in [0.25, 0.3) is 10.9 Å². The van der Waals surface area contributed by atoms with Crippen molar-refractivity contribution in [3.05, 3.63) is 29.0 Å². The fraction of sp³-hybridized carbons (Fsp3) is 0.444. The Morgan fingerprint density at radius 2 is 1.83 bits per heavy atom. The minimum Gasteiger partial charge on any atom is -0.508 e. The van der Waals surface area contributed by atoms with E-state index in [0.29, 0.717) is 16.6 Å². The van der Waals surface area contributed by atoms with Crippen LogP contribution < -0.4 is 0 Å². The molecule has 2 rings (SSSR count). The van der Waals surface area contributed by atoms with Gasteiger partial charge in [0.05, 0.1) is 11.0 Å². The number of carbonyl (C=O) groups is 2. The highest BCUT2D eigenvalue weighted by Gasteiger charge is 2.37. The standard InChI is InChI=1S/C18H23NO5/c1-6-9(2)19-10(3)13(16(21)22)14-11(19)7-8-12(20)15(14)18(4,5)17(23)24/h7-9,20H,6H2,1-5H3,(H,21,22)(H,23,24). The molecule has 130 valence electrons. The molecule has 1 aromatic carbocycles. The van der Waals surface area contributed by atoms with Crippen LogP contribution in [0.5, 0.6) is 5.75 Å². The van der Waals surface area contributed by atoms with E-state index in [1.165, 1.54) is 19.9 Å². The van der Waals surface area contributed by atoms with Crippen LogP contribution in [0.1, 0.15) is 61.8 Å². The number of aromatic hydroxyl groups is 1. The molecule has 3 N–H and O–H groups in total. The summed E-state index contributed by atoms with van der Waals surface area (Å²) < 4.78 is 1.90. The molecule has 0 aliphatic heterocycles. The van der Waals surface area contributed by atoms with Gasteiger partial charge in [0.1, 0.15) is 5.75 Å². The lowest BCUT2D eigenvalue weighted by molar-refractivity contribution is -0.142. The molecule has 0 amide bonds. The van der Waals surface area contributed by atoms with Crippen LogP contribution in [-0.2, 0) is 10.2 Å². The molecule has 6 nitrogen and oxygen atoms in total. The van der Waals surface area contributed by atoms with Crippen molar-refractivity contribution in [2.75, 3.05) is 0 Å². The third kappa shape index (κ3) is 2.42. The maximum Gasteiger partial charge on any atom is 0.338 e. The molecule has 0 aliphatic rings. The summed E-state index contributed by atoms with van der Waals surface area (Å²) in [6.07, 6.45) is 0.794. The Balaban J connectivity index is 3.09. The van der Waals surface area contributed by atoms with Gasteiger partial charge in [0, 0.05) is 28.2 Å². The number of rotatable bonds is 5. The van der Waals surface area contributed by atoms with Gasteiger partial charge in [-0.05, 0) is 46.2 Å². The number of aliphatic carboxylic acids is 1. The quantitative estimate of drug-likeness (QED) is 0.775. The van der Waals surface area contributed by atoms with Gasteiger partial charge in [-0.25, -0.2) is 4.79 Å². The lowest BCUT2D eigenvalue weighted by atomic mass is 9.81. The van der Waals surface area contributed by atoms with Crippen molar-refractivity contribution < 1.29 is 24.9 Å². The van der Waals surface area contributed by atoms with Gasteiger partial charge in [-0.3, -0.25) is 4.79 Å². The molecule has 0 spiro atoms. The van der Waals surface area contributed by atoms with Crippen LogP contribution in [0.15, 0.2) is 12.1 Å². The number of phenolic OH excluding ortho intramolecular Hbond substituents is 1. The van der Waals surface area contributed by atoms with Crippen molar-refractivity contribution >= 4 is 22.8 Å². The topological polar surface area (TPSA) is 99.8 Å². The van der Waals surface area contributed by atoms with Crippen LogP contribution in [-0.4, -0.2) is 31.8 Å². The second kappa shape index (κ2) is 5.85. The normalized spacial score (nSPS) is 13.2. The van der Waals surface area contributed by atoms with Gasteiger partial charge in [-0.1, -0.05) is 6.92 Å². The average Bonchev–Trinajstić information content (AvgIpc) is 2.77. The minimum absolute atomic E-state index is 0.0468. The van der Waals surface area contributed by atoms with Crippen LogP contribution in [0, 0.1) is 6.92 Å². The van der Waals surface area contributed by atoms with Crippen molar-refractivity contribution in [1.29, 1.82) is 0 Å². The van der Waals surface area contributed by atoms with Crippen LogP contribution in [0.4, 0.5) is 0 Å². The number of fused-ring (bicyclic) bond motifs is 1. The van der Waals surface area contributed by atoms with E-state index in [0.717, 1.165) is 6.42 Å². The SMILES string of the molecule is CCC(C)n1c(C)c(C(=O)O)c2c(C(C)(C)C(=O)O)c(O)ccc21. The van der Waals surface area contributed by atoms with E-state index in [1.54, 1.807) is 13.0 Å². The Labute approximate surface area is 140 Å². The van der Waals surface area contributed by atoms with E-state index in [1.807, 2.05) is 18.4 Å². The number of phenols is 1. The highest BCUT2D eigenvalue weighted by molar-refractivity contribution is 6.09. The van der Waals surface area contributed by atoms with Gasteiger partial charge >= 0.3 is 11.9 Å². The average molecular weight is 333 g/mol. The zero-order valence-electron chi connectivity index (χ0n) is 14.5. The van der Waals surface area contributed by atoms with Crippen molar-refractivity contribution in [1.82, 2.24) is 4.57 Å². The Hall–Kier alpha value is -2.50. The largest absolute Gasteiger partial charge is 0.508 e. The van der Waals surface area contributed by atoms with Gasteiger partial charge in [-0.15, -0.1) is 0 Å². The second-order valence-electron chi connectivity index (χ2n) is 6.68. The maximum atomic E-state index is 11.9. The predicted octanol–water partition coefficient (Wildman–Crippen LogP) is 3.69. The Kier molecular flexibility index (Phi) is 4.35. The Bertz CT molecular complexity index is 832. The van der Waals surface area contributed by atoms with Gasteiger partial charge < -0.3 is 19.9 Å². The fourth-order valence-corrected chi connectivity index (χ4v) is 3.27. The highest BCUT2D eigenvalue weighted by Crippen LogP contribution is 2.42. The van der Waals surface area contributed by atoms with Gasteiger partial charge in [0.2, 0.25) is 0 Å². The number of hydrogen-bond acceptors (Lipinski definition) is 3. The molecular formula is C18H23NO5. The molecule has 1 unspecified atom stereocenters. The molecular weight excluding hydrogens is 310 g/mol. The first-order valence-electron chi connectivity index (χ1n) is 7.89. The fourth-order valence-electron chi connectivity index (χ4n) is 3.27. The van der Waals surface area contributed by atoms with E-state index in [2.05, 4.69) is 0 Å². The van der Waals surface area contributed by atoms with Crippen LogP contribution in [0.2, 0.25) is 0 Å². The molecule has 1 heterocycles. The zero-order valence-corrected chi connectivity index (χ0v) is 14.5. The maximum absolute atomic E-state index is 11.9. The summed E-state index contributed by atoms with van der Waals surface area (Å²) in [7, 11) is 0. The molecule has 0 bridgehead atoms. The molecule has 6 heteroatoms. The second-order valence-corrected chi connectivity index (χ2v) is 6.68. The van der Waals surface area contributed by atoms with Crippen LogP contribution >= 0.6 is 0 Å². The first kappa shape index (κ1) is 17.8. The molecule has 24 heavy (non-hydrogen) atoms. The molecule has 1 aromatic heterocycles. The first-order chi connectivity index (χ1) is 11.1. The zero-order chi connectivity index (χ0) is 18.4. The number of carboxylic acids is 2. The Morgan fingerprint density at radius 3 is 2.29 bits per heavy atom. The lowest BCUT2D eigenvalue weighted by Gasteiger charge is -2.23. The van der Waals surface area contributed by atoms with E-state index in [4.69, 9.17) is 0 Å². The number of carboxylic acid groups (broad SMARTS) is 2. The molecule has 0 radical (unpaired) electrons. The summed E-state index contributed by atoms with van der Waals surface area (Å²) in [4.78, 5) is 23.6. The summed E-state index contributed by atoms with van der Waals surface area (Å²) >= 11 is 0. The Morgan fingerprint density at radius 1 is 1.25 bits per heavy atom. The molecule has 0 saturated heterocycles. The van der Waals surface area contributed by atoms with Crippen molar-refractivity contribution in [2.45, 2.75) is 52.5 Å². The van der Waals surface area contributed by atoms with Gasteiger partial charge in [0.25, 0.3) is 0 Å². The molecule has 1 atom stereocenters. The summed E-state index contributed by atoms with van der Waals surface area (Å²) in [5, 5.41) is 29.9. The predicted molar refractivity (Wildman–Crippen MR) is 91.0 cm³/mol. The number of benzene rings is 1. The third-order valence-corrected chi connectivity index (χ3v) is 4.80. The summed E-state index contributed by atoms with van der Waals surface area (Å²) in [6, 6.07) is 3.13. The molecule has 0 aliphatic carbocycles. The van der Waals surface area contributed by atoms with Crippen molar-refractivity contribution in [2.24, 2.45) is 0 Å². The first-order valence-corrected chi connectivity index (χ1v) is 7.89. The molecule has 2 aromatic rings. The number of aromatic nitrogens is 1. The van der Waals surface area contributed by atoms with E-state index < -0.39 is 17.4 Å². The molecule has 0 saturated carbocycles. The lowest BCUT2D eigenvalue weighted by Crippen LogP contribution is -2.29. The number of nitrogens with zero attached hydrogens (tertiary/aromatic N) is 1. The highest BCUT2D eigenvalue weighted by atomic mass is 16.4. The minimum atomic E-state index is -1.43. The van der Waals surface area contributed by atoms with E-state index >= 15 is 0 Å². The number of hydrogen-bond donors (Lipinski definition) is 3. The van der Waals surface area contributed by atoms with Gasteiger partial charge in [-0.2, -0.15) is 0 Å². The van der Waals surface area contributed by atoms with E-state index in [-0.39, 0.29) is 22.9 Å². The number of aromatic carboxylic acids is 1. The summed E-state index contributed by atoms with van der Waals surface area (Å²) in [6.45, 7) is 8.62.